The van der Waals surface area contributed by atoms with Gasteiger partial charge in [-0.3, -0.25) is 4.68 Å². The smallest absolute Gasteiger partial charge is 0.118 e. The van der Waals surface area contributed by atoms with E-state index in [0.717, 1.165) is 5.56 Å². The van der Waals surface area contributed by atoms with E-state index in [9.17, 15) is 0 Å². The lowest BCUT2D eigenvalue weighted by molar-refractivity contribution is 0.689. The van der Waals surface area contributed by atoms with Crippen molar-refractivity contribution in [1.82, 2.24) is 9.78 Å². The quantitative estimate of drug-likeness (QED) is 0.773. The molecule has 0 aliphatic carbocycles. The highest BCUT2D eigenvalue weighted by Crippen LogP contribution is 2.36. The Morgan fingerprint density at radius 2 is 1.62 bits per heavy atom. The first kappa shape index (κ1) is 14.0. The molecule has 0 saturated carbocycles. The van der Waals surface area contributed by atoms with E-state index >= 15 is 0 Å². The van der Waals surface area contributed by atoms with Crippen molar-refractivity contribution in [2.24, 2.45) is 0 Å². The normalized spacial score (nSPS) is 10.8. The molecule has 1 heterocycles. The predicted molar refractivity (Wildman–Crippen MR) is 87.6 cm³/mol. The summed E-state index contributed by atoms with van der Waals surface area (Å²) in [5, 5.41) is 5.60. The van der Waals surface area contributed by atoms with Crippen molar-refractivity contribution in [3.8, 4) is 11.3 Å². The lowest BCUT2D eigenvalue weighted by Gasteiger charge is -2.05. The molecule has 3 rings (SSSR count). The summed E-state index contributed by atoms with van der Waals surface area (Å²) < 4.78 is 1.79. The Hall–Kier alpha value is -1.97. The Morgan fingerprint density at radius 3 is 2.29 bits per heavy atom. The molecule has 5 heteroatoms. The first-order valence-corrected chi connectivity index (χ1v) is 7.22. The lowest BCUT2D eigenvalue weighted by Crippen LogP contribution is -2.00. The van der Waals surface area contributed by atoms with Gasteiger partial charge >= 0.3 is 0 Å². The van der Waals surface area contributed by atoms with E-state index in [1.165, 1.54) is 0 Å². The van der Waals surface area contributed by atoms with E-state index in [-0.39, 0.29) is 0 Å². The van der Waals surface area contributed by atoms with Gasteiger partial charge in [0.25, 0.3) is 0 Å². The van der Waals surface area contributed by atoms with Crippen LogP contribution in [0.25, 0.3) is 11.3 Å². The summed E-state index contributed by atoms with van der Waals surface area (Å²) in [6.07, 6.45) is 1.79. The van der Waals surface area contributed by atoms with Crippen LogP contribution in [0.1, 0.15) is 5.56 Å². The first-order valence-electron chi connectivity index (χ1n) is 6.46. The highest BCUT2D eigenvalue weighted by atomic mass is 35.5. The number of halogens is 2. The molecule has 0 spiro atoms. The maximum atomic E-state index is 6.22. The SMILES string of the molecule is Nc1cn(Cc2ccccc2)nc1-c1c(Cl)cccc1Cl. The fourth-order valence-corrected chi connectivity index (χ4v) is 2.78. The summed E-state index contributed by atoms with van der Waals surface area (Å²) >= 11 is 12.4. The van der Waals surface area contributed by atoms with Gasteiger partial charge in [-0.2, -0.15) is 5.10 Å². The predicted octanol–water partition coefficient (Wildman–Crippen LogP) is 4.49. The summed E-state index contributed by atoms with van der Waals surface area (Å²) in [6.45, 7) is 0.646. The van der Waals surface area contributed by atoms with Crippen LogP contribution >= 0.6 is 23.2 Å². The topological polar surface area (TPSA) is 43.8 Å². The van der Waals surface area contributed by atoms with E-state index in [2.05, 4.69) is 5.10 Å². The Morgan fingerprint density at radius 1 is 0.952 bits per heavy atom. The molecule has 0 amide bonds. The van der Waals surface area contributed by atoms with Gasteiger partial charge in [0.05, 0.1) is 22.3 Å². The molecule has 21 heavy (non-hydrogen) atoms. The molecule has 2 N–H and O–H groups in total. The van der Waals surface area contributed by atoms with Crippen LogP contribution in [0.4, 0.5) is 5.69 Å². The number of hydrogen-bond donors (Lipinski definition) is 1. The number of anilines is 1. The average Bonchev–Trinajstić information content (AvgIpc) is 2.80. The maximum absolute atomic E-state index is 6.22. The van der Waals surface area contributed by atoms with Crippen LogP contribution in [0.2, 0.25) is 10.0 Å². The van der Waals surface area contributed by atoms with Crippen LogP contribution in [0.15, 0.2) is 54.7 Å². The summed E-state index contributed by atoms with van der Waals surface area (Å²) in [5.74, 6) is 0. The van der Waals surface area contributed by atoms with E-state index < -0.39 is 0 Å². The van der Waals surface area contributed by atoms with E-state index in [4.69, 9.17) is 28.9 Å². The second kappa shape index (κ2) is 5.80. The fourth-order valence-electron chi connectivity index (χ4n) is 2.21. The second-order valence-electron chi connectivity index (χ2n) is 4.71. The molecule has 0 bridgehead atoms. The Labute approximate surface area is 132 Å². The molecule has 106 valence electrons. The Bertz CT molecular complexity index is 746. The molecule has 3 aromatic rings. The zero-order chi connectivity index (χ0) is 14.8. The summed E-state index contributed by atoms with van der Waals surface area (Å²) in [5.41, 5.74) is 9.05. The molecule has 0 atom stereocenters. The number of rotatable bonds is 3. The lowest BCUT2D eigenvalue weighted by atomic mass is 10.1. The molecule has 0 unspecified atom stereocenters. The van der Waals surface area contributed by atoms with E-state index in [1.54, 1.807) is 29.1 Å². The van der Waals surface area contributed by atoms with Gasteiger partial charge in [-0.15, -0.1) is 0 Å². The summed E-state index contributed by atoms with van der Waals surface area (Å²) in [6, 6.07) is 15.4. The molecule has 1 aromatic heterocycles. The first-order chi connectivity index (χ1) is 10.1. The van der Waals surface area contributed by atoms with Crippen LogP contribution in [0.5, 0.6) is 0 Å². The molecular formula is C16H13Cl2N3. The number of nitrogens with zero attached hydrogens (tertiary/aromatic N) is 2. The molecule has 0 aliphatic heterocycles. The van der Waals surface area contributed by atoms with Crippen molar-refractivity contribution in [1.29, 1.82) is 0 Å². The number of benzene rings is 2. The third-order valence-electron chi connectivity index (χ3n) is 3.18. The third-order valence-corrected chi connectivity index (χ3v) is 3.81. The average molecular weight is 318 g/mol. The van der Waals surface area contributed by atoms with Gasteiger partial charge in [-0.05, 0) is 17.7 Å². The van der Waals surface area contributed by atoms with Gasteiger partial charge in [0.1, 0.15) is 5.69 Å². The van der Waals surface area contributed by atoms with Crippen LogP contribution in [-0.4, -0.2) is 9.78 Å². The van der Waals surface area contributed by atoms with Gasteiger partial charge in [-0.1, -0.05) is 59.6 Å². The molecular weight excluding hydrogens is 305 g/mol. The number of hydrogen-bond acceptors (Lipinski definition) is 2. The van der Waals surface area contributed by atoms with Gasteiger partial charge < -0.3 is 5.73 Å². The summed E-state index contributed by atoms with van der Waals surface area (Å²) in [4.78, 5) is 0. The fraction of sp³-hybridized carbons (Fsp3) is 0.0625. The largest absolute Gasteiger partial charge is 0.396 e. The molecule has 2 aromatic carbocycles. The molecule has 0 aliphatic rings. The van der Waals surface area contributed by atoms with Gasteiger partial charge in [-0.25, -0.2) is 0 Å². The van der Waals surface area contributed by atoms with Crippen LogP contribution in [-0.2, 0) is 6.54 Å². The minimum absolute atomic E-state index is 0.541. The number of nitrogens with two attached hydrogens (primary N) is 1. The van der Waals surface area contributed by atoms with Crippen molar-refractivity contribution >= 4 is 28.9 Å². The molecule has 0 fully saturated rings. The third kappa shape index (κ3) is 2.89. The van der Waals surface area contributed by atoms with Crippen LogP contribution in [0, 0.1) is 0 Å². The van der Waals surface area contributed by atoms with Gasteiger partial charge in [0, 0.05) is 11.8 Å². The highest BCUT2D eigenvalue weighted by molar-refractivity contribution is 6.39. The second-order valence-corrected chi connectivity index (χ2v) is 5.53. The minimum atomic E-state index is 0.541. The van der Waals surface area contributed by atoms with Crippen molar-refractivity contribution < 1.29 is 0 Å². The number of aromatic nitrogens is 2. The standard InChI is InChI=1S/C16H13Cl2N3/c17-12-7-4-8-13(18)15(12)16-14(19)10-21(20-16)9-11-5-2-1-3-6-11/h1-8,10H,9,19H2. The summed E-state index contributed by atoms with van der Waals surface area (Å²) in [7, 11) is 0. The Balaban J connectivity index is 1.99. The molecule has 0 radical (unpaired) electrons. The monoisotopic (exact) mass is 317 g/mol. The van der Waals surface area contributed by atoms with E-state index in [1.807, 2.05) is 30.3 Å². The number of nitrogen functional groups attached to an aromatic ring is 1. The van der Waals surface area contributed by atoms with Crippen LogP contribution in [0.3, 0.4) is 0 Å². The van der Waals surface area contributed by atoms with Gasteiger partial charge in [0.15, 0.2) is 0 Å². The highest BCUT2D eigenvalue weighted by Gasteiger charge is 2.15. The van der Waals surface area contributed by atoms with Gasteiger partial charge in [0.2, 0.25) is 0 Å². The maximum Gasteiger partial charge on any atom is 0.118 e. The van der Waals surface area contributed by atoms with Crippen molar-refractivity contribution in [3.63, 3.8) is 0 Å². The van der Waals surface area contributed by atoms with Crippen molar-refractivity contribution in [2.45, 2.75) is 6.54 Å². The Kier molecular flexibility index (Phi) is 3.86. The molecule has 0 saturated heterocycles. The zero-order valence-corrected chi connectivity index (χ0v) is 12.6. The molecule has 3 nitrogen and oxygen atoms in total. The van der Waals surface area contributed by atoms with Crippen molar-refractivity contribution in [3.05, 3.63) is 70.3 Å². The van der Waals surface area contributed by atoms with E-state index in [0.29, 0.717) is 33.5 Å². The van der Waals surface area contributed by atoms with Crippen LogP contribution < -0.4 is 5.73 Å². The zero-order valence-electron chi connectivity index (χ0n) is 11.1. The minimum Gasteiger partial charge on any atom is -0.396 e. The van der Waals surface area contributed by atoms with Crippen molar-refractivity contribution in [2.75, 3.05) is 5.73 Å².